The van der Waals surface area contributed by atoms with Crippen molar-refractivity contribution in [1.82, 2.24) is 15.2 Å². The molecule has 0 spiro atoms. The van der Waals surface area contributed by atoms with Gasteiger partial charge in [0.05, 0.1) is 36.2 Å². The molecule has 0 amide bonds. The van der Waals surface area contributed by atoms with E-state index in [4.69, 9.17) is 4.74 Å². The van der Waals surface area contributed by atoms with E-state index >= 15 is 0 Å². The molecule has 6 rings (SSSR count). The van der Waals surface area contributed by atoms with Crippen molar-refractivity contribution in [3.05, 3.63) is 53.2 Å². The molecule has 2 N–H and O–H groups in total. The van der Waals surface area contributed by atoms with Crippen LogP contribution in [0.2, 0.25) is 0 Å². The summed E-state index contributed by atoms with van der Waals surface area (Å²) >= 11 is 1.63. The third kappa shape index (κ3) is 3.81. The van der Waals surface area contributed by atoms with Crippen LogP contribution in [-0.2, 0) is 14.9 Å². The Labute approximate surface area is 196 Å². The van der Waals surface area contributed by atoms with Gasteiger partial charge in [0, 0.05) is 16.9 Å². The van der Waals surface area contributed by atoms with Crippen LogP contribution in [0.15, 0.2) is 42.6 Å². The lowest BCUT2D eigenvalue weighted by molar-refractivity contribution is -0.143. The smallest absolute Gasteiger partial charge is 0.306 e. The lowest BCUT2D eigenvalue weighted by Crippen LogP contribution is -2.30. The van der Waals surface area contributed by atoms with Gasteiger partial charge < -0.3 is 15.2 Å². The molecule has 1 aromatic carbocycles. The number of fused-ring (bicyclic) bond motifs is 2. The van der Waals surface area contributed by atoms with Gasteiger partial charge in [-0.15, -0.1) is 10.2 Å². The van der Waals surface area contributed by atoms with Crippen molar-refractivity contribution in [3.8, 4) is 11.3 Å². The summed E-state index contributed by atoms with van der Waals surface area (Å²) < 4.78 is 6.00. The summed E-state index contributed by atoms with van der Waals surface area (Å²) in [5.41, 5.74) is 3.54. The molecule has 1 aliphatic heterocycles. The second-order valence-corrected chi connectivity index (χ2v) is 10.7. The van der Waals surface area contributed by atoms with Crippen molar-refractivity contribution < 1.29 is 14.6 Å². The number of pyridine rings is 1. The molecule has 3 aliphatic rings. The first-order valence-corrected chi connectivity index (χ1v) is 12.4. The van der Waals surface area contributed by atoms with Gasteiger partial charge in [-0.1, -0.05) is 42.0 Å². The number of hydrogen-bond donors (Lipinski definition) is 2. The fourth-order valence-electron chi connectivity index (χ4n) is 5.47. The molecule has 170 valence electrons. The number of hydrogen-bond acceptors (Lipinski definition) is 7. The molecule has 2 bridgehead atoms. The number of carboxylic acids is 1. The molecule has 8 heteroatoms. The number of nitrogens with zero attached hydrogens (tertiary/aromatic N) is 3. The molecular weight excluding hydrogens is 436 g/mol. The van der Waals surface area contributed by atoms with Crippen LogP contribution < -0.4 is 5.32 Å². The van der Waals surface area contributed by atoms with Crippen molar-refractivity contribution in [2.24, 2.45) is 0 Å². The highest BCUT2D eigenvalue weighted by atomic mass is 32.1. The third-order valence-corrected chi connectivity index (χ3v) is 8.55. The number of rotatable bonds is 7. The predicted octanol–water partition coefficient (Wildman–Crippen LogP) is 5.28. The molecule has 7 nitrogen and oxygen atoms in total. The van der Waals surface area contributed by atoms with Crippen LogP contribution in [0.1, 0.15) is 61.4 Å². The predicted molar refractivity (Wildman–Crippen MR) is 126 cm³/mol. The number of anilines is 2. The zero-order valence-corrected chi connectivity index (χ0v) is 19.1. The van der Waals surface area contributed by atoms with Crippen LogP contribution in [-0.4, -0.2) is 38.5 Å². The monoisotopic (exact) mass is 462 g/mol. The average Bonchev–Trinajstić information content (AvgIpc) is 3.47. The molecule has 2 atom stereocenters. The van der Waals surface area contributed by atoms with E-state index in [-0.39, 0.29) is 11.8 Å². The maximum Gasteiger partial charge on any atom is 0.306 e. The molecule has 2 aromatic heterocycles. The van der Waals surface area contributed by atoms with Crippen molar-refractivity contribution in [2.45, 2.75) is 61.9 Å². The normalized spacial score (nSPS) is 26.3. The third-order valence-electron chi connectivity index (χ3n) is 7.55. The first kappa shape index (κ1) is 20.7. The second-order valence-electron chi connectivity index (χ2n) is 9.71. The highest BCUT2D eigenvalue weighted by Crippen LogP contribution is 2.55. The van der Waals surface area contributed by atoms with Gasteiger partial charge in [-0.25, -0.2) is 0 Å². The first-order valence-electron chi connectivity index (χ1n) is 11.6. The Morgan fingerprint density at radius 3 is 2.64 bits per heavy atom. The Bertz CT molecular complexity index is 1160. The van der Waals surface area contributed by atoms with Crippen molar-refractivity contribution in [3.63, 3.8) is 0 Å². The molecule has 3 fully saturated rings. The molecule has 0 radical (unpaired) electrons. The summed E-state index contributed by atoms with van der Waals surface area (Å²) in [7, 11) is 0. The molecule has 3 heterocycles. The summed E-state index contributed by atoms with van der Waals surface area (Å²) in [6.45, 7) is 0.603. The van der Waals surface area contributed by atoms with Gasteiger partial charge in [0.25, 0.3) is 0 Å². The number of nitrogens with one attached hydrogen (secondary N) is 1. The largest absolute Gasteiger partial charge is 0.481 e. The average molecular weight is 463 g/mol. The number of aromatic nitrogens is 3. The molecule has 3 aromatic rings. The van der Waals surface area contributed by atoms with E-state index in [0.717, 1.165) is 46.3 Å². The first-order chi connectivity index (χ1) is 16.0. The lowest BCUT2D eigenvalue weighted by Gasteiger charge is -2.28. The highest BCUT2D eigenvalue weighted by molar-refractivity contribution is 7.15. The van der Waals surface area contributed by atoms with Crippen LogP contribution in [0.25, 0.3) is 11.3 Å². The van der Waals surface area contributed by atoms with E-state index in [2.05, 4.69) is 44.8 Å². The van der Waals surface area contributed by atoms with E-state index in [0.29, 0.717) is 12.5 Å². The minimum absolute atomic E-state index is 0.0603. The number of benzene rings is 1. The fraction of sp³-hybridized carbons (Fsp3) is 0.440. The Morgan fingerprint density at radius 1 is 1.15 bits per heavy atom. The van der Waals surface area contributed by atoms with Crippen LogP contribution in [0.3, 0.4) is 0 Å². The summed E-state index contributed by atoms with van der Waals surface area (Å²) in [5, 5.41) is 23.1. The van der Waals surface area contributed by atoms with Crippen molar-refractivity contribution >= 4 is 28.1 Å². The molecule has 1 saturated heterocycles. The maximum atomic E-state index is 11.3. The SMILES string of the molecule is O=C(O)CC12CCC(c3ccc(-c4ccc(Nc5nnc(C6CCC6)s5)cn4)cc3)(CO1)C2. The number of carboxylic acid groups (broad SMARTS) is 1. The second kappa shape index (κ2) is 7.88. The number of aliphatic carboxylic acids is 1. The number of ether oxygens (including phenoxy) is 1. The van der Waals surface area contributed by atoms with E-state index in [1.807, 2.05) is 18.3 Å². The topological polar surface area (TPSA) is 97.2 Å². The van der Waals surface area contributed by atoms with E-state index in [9.17, 15) is 9.90 Å². The van der Waals surface area contributed by atoms with E-state index < -0.39 is 11.6 Å². The maximum absolute atomic E-state index is 11.3. The van der Waals surface area contributed by atoms with Gasteiger partial charge in [-0.05, 0) is 49.8 Å². The van der Waals surface area contributed by atoms with Gasteiger partial charge in [-0.3, -0.25) is 9.78 Å². The molecular formula is C25H26N4O3S. The Morgan fingerprint density at radius 2 is 2.00 bits per heavy atom. The van der Waals surface area contributed by atoms with E-state index in [1.165, 1.54) is 24.8 Å². The standard InChI is InChI=1S/C25H26N4O3S/c30-21(31)12-25-11-10-24(14-25,15-32-25)18-6-4-16(5-7-18)20-9-8-19(13-26-20)27-23-29-28-22(33-23)17-2-1-3-17/h4-9,13,17H,1-3,10-12,14-15H2,(H,27,29)(H,30,31). The van der Waals surface area contributed by atoms with Gasteiger partial charge in [0.1, 0.15) is 5.01 Å². The summed E-state index contributed by atoms with van der Waals surface area (Å²) in [4.78, 5) is 15.9. The summed E-state index contributed by atoms with van der Waals surface area (Å²) in [5.74, 6) is -0.188. The molecule has 2 aliphatic carbocycles. The van der Waals surface area contributed by atoms with Crippen LogP contribution in [0.5, 0.6) is 0 Å². The van der Waals surface area contributed by atoms with Gasteiger partial charge in [0.15, 0.2) is 0 Å². The van der Waals surface area contributed by atoms with E-state index in [1.54, 1.807) is 11.3 Å². The van der Waals surface area contributed by atoms with Crippen molar-refractivity contribution in [1.29, 1.82) is 0 Å². The molecule has 2 unspecified atom stereocenters. The van der Waals surface area contributed by atoms with Crippen molar-refractivity contribution in [2.75, 3.05) is 11.9 Å². The Balaban J connectivity index is 1.13. The zero-order chi connectivity index (χ0) is 22.5. The summed E-state index contributed by atoms with van der Waals surface area (Å²) in [6.07, 6.45) is 8.24. The quantitative estimate of drug-likeness (QED) is 0.493. The zero-order valence-electron chi connectivity index (χ0n) is 18.3. The van der Waals surface area contributed by atoms with Gasteiger partial charge >= 0.3 is 5.97 Å². The number of carbonyl (C=O) groups is 1. The molecule has 33 heavy (non-hydrogen) atoms. The Hall–Kier alpha value is -2.84. The lowest BCUT2D eigenvalue weighted by atomic mass is 9.79. The van der Waals surface area contributed by atoms with Crippen LogP contribution in [0.4, 0.5) is 10.8 Å². The van der Waals surface area contributed by atoms with Crippen LogP contribution in [0, 0.1) is 0 Å². The minimum Gasteiger partial charge on any atom is -0.481 e. The van der Waals surface area contributed by atoms with Gasteiger partial charge in [-0.2, -0.15) is 0 Å². The highest BCUT2D eigenvalue weighted by Gasteiger charge is 2.57. The fourth-order valence-corrected chi connectivity index (χ4v) is 6.40. The van der Waals surface area contributed by atoms with Gasteiger partial charge in [0.2, 0.25) is 5.13 Å². The minimum atomic E-state index is -0.781. The molecule has 2 saturated carbocycles. The summed E-state index contributed by atoms with van der Waals surface area (Å²) in [6, 6.07) is 12.5. The Kier molecular flexibility index (Phi) is 4.96. The van der Waals surface area contributed by atoms with Crippen LogP contribution >= 0.6 is 11.3 Å².